The molecule has 0 aromatic heterocycles. The van der Waals surface area contributed by atoms with Crippen LogP contribution in [0.5, 0.6) is 0 Å². The number of aliphatic hydroxyl groups is 1. The first kappa shape index (κ1) is 15.8. The van der Waals surface area contributed by atoms with E-state index in [4.69, 9.17) is 10.5 Å². The number of primary amides is 1. The van der Waals surface area contributed by atoms with E-state index in [1.54, 1.807) is 20.8 Å². The number of rotatable bonds is 5. The summed E-state index contributed by atoms with van der Waals surface area (Å²) in [6.07, 6.45) is 1.49. The van der Waals surface area contributed by atoms with Crippen LogP contribution in [0.15, 0.2) is 4.99 Å². The third-order valence-electron chi connectivity index (χ3n) is 3.12. The summed E-state index contributed by atoms with van der Waals surface area (Å²) in [7, 11) is 0. The molecule has 6 heteroatoms. The van der Waals surface area contributed by atoms with Gasteiger partial charge in [0.25, 0.3) is 0 Å². The average Bonchev–Trinajstić information content (AvgIpc) is 2.17. The molecule has 0 heterocycles. The van der Waals surface area contributed by atoms with Crippen LogP contribution in [-0.2, 0) is 9.53 Å². The Morgan fingerprint density at radius 1 is 1.53 bits per heavy atom. The maximum atomic E-state index is 11.6. The summed E-state index contributed by atoms with van der Waals surface area (Å²) in [5.41, 5.74) is 4.42. The number of nitrogens with two attached hydrogens (primary N) is 1. The summed E-state index contributed by atoms with van der Waals surface area (Å²) in [6, 6.07) is -0.808. The van der Waals surface area contributed by atoms with Gasteiger partial charge in [0.05, 0.1) is 6.04 Å². The van der Waals surface area contributed by atoms with Gasteiger partial charge in [-0.1, -0.05) is 40.0 Å². The summed E-state index contributed by atoms with van der Waals surface area (Å²) in [6.45, 7) is 5.18. The molecule has 0 aromatic rings. The minimum Gasteiger partial charge on any atom is -0.595 e. The predicted octanol–water partition coefficient (Wildman–Crippen LogP) is -0.0772. The summed E-state index contributed by atoms with van der Waals surface area (Å²) >= 11 is 0. The lowest BCUT2D eigenvalue weighted by Crippen LogP contribution is -2.42. The molecule has 2 atom stereocenters. The van der Waals surface area contributed by atoms with Gasteiger partial charge in [-0.15, -0.1) is 0 Å². The normalized spacial score (nSPS) is 20.5. The third-order valence-corrected chi connectivity index (χ3v) is 3.12. The number of carbonyl (C=O) groups excluding carboxylic acids is 1. The SMILES string of the molecule is CC(C)(C)OC([O-])=NC(CC1CCC1)C(O)C(N)=O. The Balaban J connectivity index is 2.71. The van der Waals surface area contributed by atoms with Crippen molar-refractivity contribution in [3.63, 3.8) is 0 Å². The second-order valence-corrected chi connectivity index (χ2v) is 6.06. The lowest BCUT2D eigenvalue weighted by atomic mass is 9.80. The van der Waals surface area contributed by atoms with Crippen molar-refractivity contribution in [3.05, 3.63) is 0 Å². The number of ether oxygens (including phenoxy) is 1. The topological polar surface area (TPSA) is 108 Å². The molecule has 3 N–H and O–H groups in total. The van der Waals surface area contributed by atoms with Crippen LogP contribution < -0.4 is 10.8 Å². The first-order valence-electron chi connectivity index (χ1n) is 6.60. The fraction of sp³-hybridized carbons (Fsp3) is 0.846. The second-order valence-electron chi connectivity index (χ2n) is 6.06. The van der Waals surface area contributed by atoms with E-state index in [0.717, 1.165) is 19.3 Å². The van der Waals surface area contributed by atoms with E-state index in [9.17, 15) is 15.0 Å². The maximum Gasteiger partial charge on any atom is 0.248 e. The van der Waals surface area contributed by atoms with Crippen LogP contribution in [0, 0.1) is 5.92 Å². The quantitative estimate of drug-likeness (QED) is 0.538. The van der Waals surface area contributed by atoms with Crippen molar-refractivity contribution in [1.29, 1.82) is 0 Å². The first-order valence-corrected chi connectivity index (χ1v) is 6.60. The molecular formula is C13H23N2O4-. The van der Waals surface area contributed by atoms with Crippen LogP contribution in [0.3, 0.4) is 0 Å². The summed E-state index contributed by atoms with van der Waals surface area (Å²) in [5.74, 6) is -0.471. The molecule has 19 heavy (non-hydrogen) atoms. The number of carbonyl (C=O) groups is 1. The number of aliphatic imine (C=N–C) groups is 1. The lowest BCUT2D eigenvalue weighted by Gasteiger charge is -2.33. The van der Waals surface area contributed by atoms with Gasteiger partial charge in [0, 0.05) is 5.60 Å². The van der Waals surface area contributed by atoms with Crippen LogP contribution in [0.2, 0.25) is 0 Å². The van der Waals surface area contributed by atoms with Gasteiger partial charge in [-0.3, -0.25) is 9.79 Å². The highest BCUT2D eigenvalue weighted by Crippen LogP contribution is 2.32. The molecule has 110 valence electrons. The first-order chi connectivity index (χ1) is 8.69. The van der Waals surface area contributed by atoms with Gasteiger partial charge in [-0.05, 0) is 12.3 Å². The summed E-state index contributed by atoms with van der Waals surface area (Å²) in [5, 5.41) is 21.4. The van der Waals surface area contributed by atoms with E-state index in [2.05, 4.69) is 4.99 Å². The molecule has 6 nitrogen and oxygen atoms in total. The Hall–Kier alpha value is -1.30. The van der Waals surface area contributed by atoms with Crippen LogP contribution >= 0.6 is 0 Å². The molecule has 1 fully saturated rings. The number of hydrogen-bond acceptors (Lipinski definition) is 5. The lowest BCUT2D eigenvalue weighted by molar-refractivity contribution is -0.261. The molecule has 1 aliphatic rings. The van der Waals surface area contributed by atoms with Gasteiger partial charge >= 0.3 is 0 Å². The Morgan fingerprint density at radius 2 is 2.11 bits per heavy atom. The second kappa shape index (κ2) is 6.23. The smallest absolute Gasteiger partial charge is 0.248 e. The minimum atomic E-state index is -1.44. The van der Waals surface area contributed by atoms with Crippen LogP contribution in [0.25, 0.3) is 0 Å². The Bertz CT molecular complexity index is 345. The van der Waals surface area contributed by atoms with Gasteiger partial charge in [0.2, 0.25) is 5.91 Å². The Morgan fingerprint density at radius 3 is 2.47 bits per heavy atom. The highest BCUT2D eigenvalue weighted by molar-refractivity contribution is 5.79. The molecule has 1 aliphatic carbocycles. The number of hydrogen-bond donors (Lipinski definition) is 2. The van der Waals surface area contributed by atoms with Crippen molar-refractivity contribution in [2.24, 2.45) is 16.6 Å². The Labute approximate surface area is 113 Å². The molecule has 0 bridgehead atoms. The fourth-order valence-electron chi connectivity index (χ4n) is 1.94. The van der Waals surface area contributed by atoms with E-state index in [1.165, 1.54) is 0 Å². The van der Waals surface area contributed by atoms with Gasteiger partial charge in [-0.2, -0.15) is 0 Å². The predicted molar refractivity (Wildman–Crippen MR) is 69.2 cm³/mol. The van der Waals surface area contributed by atoms with Gasteiger partial charge in [0.15, 0.2) is 6.10 Å². The van der Waals surface area contributed by atoms with Gasteiger partial charge < -0.3 is 20.7 Å². The highest BCUT2D eigenvalue weighted by Gasteiger charge is 2.29. The standard InChI is InChI=1S/C13H24N2O4/c1-13(2,3)19-12(18)15-9(10(16)11(14)17)7-8-5-4-6-8/h8-10,16H,4-7H2,1-3H3,(H2,14,17)(H,15,18)/p-1. The molecule has 1 amide bonds. The van der Waals surface area contributed by atoms with E-state index < -0.39 is 29.7 Å². The average molecular weight is 271 g/mol. The van der Waals surface area contributed by atoms with Crippen molar-refractivity contribution in [2.45, 2.75) is 64.2 Å². The highest BCUT2D eigenvalue weighted by atomic mass is 16.6. The fourth-order valence-corrected chi connectivity index (χ4v) is 1.94. The molecular weight excluding hydrogens is 248 g/mol. The molecule has 0 spiro atoms. The van der Waals surface area contributed by atoms with Crippen LogP contribution in [0.4, 0.5) is 0 Å². The maximum absolute atomic E-state index is 11.6. The zero-order valence-electron chi connectivity index (χ0n) is 11.8. The van der Waals surface area contributed by atoms with Gasteiger partial charge in [0.1, 0.15) is 6.08 Å². The Kier molecular flexibility index (Phi) is 5.17. The van der Waals surface area contributed by atoms with Crippen LogP contribution in [-0.4, -0.2) is 34.8 Å². The largest absolute Gasteiger partial charge is 0.595 e. The van der Waals surface area contributed by atoms with Crippen molar-refractivity contribution in [3.8, 4) is 0 Å². The van der Waals surface area contributed by atoms with E-state index >= 15 is 0 Å². The zero-order valence-corrected chi connectivity index (χ0v) is 11.8. The molecule has 0 saturated heterocycles. The molecule has 1 rings (SSSR count). The third kappa shape index (κ3) is 5.46. The zero-order chi connectivity index (χ0) is 14.6. The molecule has 0 radical (unpaired) electrons. The molecule has 1 saturated carbocycles. The summed E-state index contributed by atoms with van der Waals surface area (Å²) in [4.78, 5) is 14.8. The number of amides is 1. The monoisotopic (exact) mass is 271 g/mol. The van der Waals surface area contributed by atoms with Crippen molar-refractivity contribution < 1.29 is 19.7 Å². The van der Waals surface area contributed by atoms with Crippen molar-refractivity contribution in [2.75, 3.05) is 0 Å². The van der Waals surface area contributed by atoms with Crippen molar-refractivity contribution in [1.82, 2.24) is 0 Å². The van der Waals surface area contributed by atoms with Gasteiger partial charge in [-0.25, -0.2) is 0 Å². The number of aliphatic hydroxyl groups excluding tert-OH is 1. The minimum absolute atomic E-state index is 0.394. The summed E-state index contributed by atoms with van der Waals surface area (Å²) < 4.78 is 5.06. The van der Waals surface area contributed by atoms with Crippen LogP contribution in [0.1, 0.15) is 46.5 Å². The number of nitrogens with zero attached hydrogens (tertiary/aromatic N) is 1. The van der Waals surface area contributed by atoms with E-state index in [1.807, 2.05) is 0 Å². The van der Waals surface area contributed by atoms with E-state index in [0.29, 0.717) is 12.3 Å². The molecule has 2 unspecified atom stereocenters. The molecule has 0 aliphatic heterocycles. The molecule has 0 aromatic carbocycles. The van der Waals surface area contributed by atoms with E-state index in [-0.39, 0.29) is 0 Å². The van der Waals surface area contributed by atoms with Crippen molar-refractivity contribution >= 4 is 12.0 Å².